The van der Waals surface area contributed by atoms with Crippen molar-refractivity contribution < 1.29 is 0 Å². The molecule has 2 atom stereocenters. The number of unbranched alkanes of at least 4 members (excludes halogenated alkanes) is 1. The molecule has 0 saturated carbocycles. The molecule has 2 nitrogen and oxygen atoms in total. The van der Waals surface area contributed by atoms with Crippen LogP contribution in [0.4, 0.5) is 0 Å². The first-order valence-electron chi connectivity index (χ1n) is 5.20. The summed E-state index contributed by atoms with van der Waals surface area (Å²) in [6, 6.07) is 0.465. The van der Waals surface area contributed by atoms with E-state index < -0.39 is 0 Å². The van der Waals surface area contributed by atoms with Crippen LogP contribution in [0.2, 0.25) is 0 Å². The molecule has 12 heavy (non-hydrogen) atoms. The fraction of sp³-hybridized carbons (Fsp3) is 1.00. The van der Waals surface area contributed by atoms with Crippen LogP contribution >= 0.6 is 0 Å². The van der Waals surface area contributed by atoms with Crippen molar-refractivity contribution in [2.24, 2.45) is 11.8 Å². The minimum absolute atomic E-state index is 0.465. The lowest BCUT2D eigenvalue weighted by Gasteiger charge is -2.18. The molecule has 0 fully saturated rings. The van der Waals surface area contributed by atoms with Crippen molar-refractivity contribution in [1.82, 2.24) is 5.43 Å². The van der Waals surface area contributed by atoms with Gasteiger partial charge in [-0.2, -0.15) is 0 Å². The Bertz CT molecular complexity index is 93.8. The van der Waals surface area contributed by atoms with Crippen LogP contribution in [0.5, 0.6) is 0 Å². The Balaban J connectivity index is 3.51. The second-order valence-corrected chi connectivity index (χ2v) is 3.72. The summed E-state index contributed by atoms with van der Waals surface area (Å²) in [4.78, 5) is 0. The van der Waals surface area contributed by atoms with Crippen LogP contribution in [0, 0.1) is 5.92 Å². The van der Waals surface area contributed by atoms with Gasteiger partial charge in [-0.25, -0.2) is 0 Å². The highest BCUT2D eigenvalue weighted by Crippen LogP contribution is 2.17. The van der Waals surface area contributed by atoms with Gasteiger partial charge < -0.3 is 0 Å². The smallest absolute Gasteiger partial charge is 0.0184 e. The molecule has 0 rings (SSSR count). The Labute approximate surface area is 76.9 Å². The average molecular weight is 172 g/mol. The predicted octanol–water partition coefficient (Wildman–Crippen LogP) is 2.44. The number of nitrogens with one attached hydrogen (secondary N) is 1. The van der Waals surface area contributed by atoms with Gasteiger partial charge in [0.25, 0.3) is 0 Å². The number of hydrogen-bond acceptors (Lipinski definition) is 2. The highest BCUT2D eigenvalue weighted by molar-refractivity contribution is 4.64. The Kier molecular flexibility index (Phi) is 7.51. The first-order valence-corrected chi connectivity index (χ1v) is 5.20. The molecule has 0 spiro atoms. The Morgan fingerprint density at radius 3 is 2.42 bits per heavy atom. The molecule has 2 unspecified atom stereocenters. The van der Waals surface area contributed by atoms with Gasteiger partial charge in [0.2, 0.25) is 0 Å². The van der Waals surface area contributed by atoms with E-state index in [9.17, 15) is 0 Å². The largest absolute Gasteiger partial charge is 0.271 e. The standard InChI is InChI=1S/C10H24N2/c1-4-6-7-10(5-2)8-9(3)12-11/h9-10,12H,4-8,11H2,1-3H3. The number of nitrogens with two attached hydrogens (primary N) is 1. The normalized spacial score (nSPS) is 16.0. The maximum Gasteiger partial charge on any atom is 0.0184 e. The Hall–Kier alpha value is -0.0800. The summed E-state index contributed by atoms with van der Waals surface area (Å²) < 4.78 is 0. The zero-order valence-corrected chi connectivity index (χ0v) is 8.77. The lowest BCUT2D eigenvalue weighted by Crippen LogP contribution is -2.34. The second kappa shape index (κ2) is 7.56. The number of hydrogen-bond donors (Lipinski definition) is 2. The van der Waals surface area contributed by atoms with Crippen molar-refractivity contribution in [3.8, 4) is 0 Å². The predicted molar refractivity (Wildman–Crippen MR) is 54.7 cm³/mol. The van der Waals surface area contributed by atoms with E-state index in [4.69, 9.17) is 5.84 Å². The van der Waals surface area contributed by atoms with Crippen LogP contribution < -0.4 is 11.3 Å². The zero-order chi connectivity index (χ0) is 9.40. The minimum Gasteiger partial charge on any atom is -0.271 e. The molecule has 0 aliphatic carbocycles. The number of hydrazine groups is 1. The van der Waals surface area contributed by atoms with E-state index in [1.807, 2.05) is 0 Å². The molecule has 0 radical (unpaired) electrons. The lowest BCUT2D eigenvalue weighted by atomic mass is 9.93. The molecule has 2 heteroatoms. The van der Waals surface area contributed by atoms with Crippen molar-refractivity contribution in [3.63, 3.8) is 0 Å². The Morgan fingerprint density at radius 1 is 1.33 bits per heavy atom. The zero-order valence-electron chi connectivity index (χ0n) is 8.77. The summed E-state index contributed by atoms with van der Waals surface area (Å²) in [5.74, 6) is 6.21. The van der Waals surface area contributed by atoms with Crippen molar-refractivity contribution in [1.29, 1.82) is 0 Å². The monoisotopic (exact) mass is 172 g/mol. The van der Waals surface area contributed by atoms with Gasteiger partial charge in [-0.1, -0.05) is 39.5 Å². The third-order valence-electron chi connectivity index (χ3n) is 2.51. The summed E-state index contributed by atoms with van der Waals surface area (Å²) in [6.45, 7) is 6.66. The van der Waals surface area contributed by atoms with Gasteiger partial charge in [0, 0.05) is 6.04 Å². The molecule has 0 aliphatic heterocycles. The fourth-order valence-electron chi connectivity index (χ4n) is 1.55. The van der Waals surface area contributed by atoms with Crippen LogP contribution in [0.25, 0.3) is 0 Å². The van der Waals surface area contributed by atoms with E-state index in [1.165, 1.54) is 32.1 Å². The molecule has 3 N–H and O–H groups in total. The third kappa shape index (κ3) is 5.56. The van der Waals surface area contributed by atoms with Gasteiger partial charge in [-0.15, -0.1) is 0 Å². The molecular weight excluding hydrogens is 148 g/mol. The first kappa shape index (κ1) is 11.9. The summed E-state index contributed by atoms with van der Waals surface area (Å²) in [7, 11) is 0. The SMILES string of the molecule is CCCCC(CC)CC(C)NN. The number of rotatable bonds is 7. The molecule has 0 aliphatic rings. The molecule has 0 aromatic rings. The van der Waals surface area contributed by atoms with Crippen LogP contribution in [-0.4, -0.2) is 6.04 Å². The minimum atomic E-state index is 0.465. The topological polar surface area (TPSA) is 38.0 Å². The molecular formula is C10H24N2. The highest BCUT2D eigenvalue weighted by atomic mass is 15.2. The third-order valence-corrected chi connectivity index (χ3v) is 2.51. The van der Waals surface area contributed by atoms with Crippen LogP contribution in [0.3, 0.4) is 0 Å². The van der Waals surface area contributed by atoms with Gasteiger partial charge in [-0.05, 0) is 19.3 Å². The van der Waals surface area contributed by atoms with E-state index in [-0.39, 0.29) is 0 Å². The van der Waals surface area contributed by atoms with E-state index in [1.54, 1.807) is 0 Å². The summed E-state index contributed by atoms with van der Waals surface area (Å²) in [5, 5.41) is 0. The molecule has 0 bridgehead atoms. The maximum absolute atomic E-state index is 5.35. The van der Waals surface area contributed by atoms with Crippen LogP contribution in [0.1, 0.15) is 52.9 Å². The summed E-state index contributed by atoms with van der Waals surface area (Å²) in [6.07, 6.45) is 6.52. The van der Waals surface area contributed by atoms with Crippen molar-refractivity contribution >= 4 is 0 Å². The van der Waals surface area contributed by atoms with Crippen LogP contribution in [-0.2, 0) is 0 Å². The van der Waals surface area contributed by atoms with E-state index in [0.717, 1.165) is 5.92 Å². The van der Waals surface area contributed by atoms with Crippen LogP contribution in [0.15, 0.2) is 0 Å². The van der Waals surface area contributed by atoms with Gasteiger partial charge in [0.05, 0.1) is 0 Å². The Morgan fingerprint density at radius 2 is 2.00 bits per heavy atom. The fourth-order valence-corrected chi connectivity index (χ4v) is 1.55. The van der Waals surface area contributed by atoms with E-state index in [0.29, 0.717) is 6.04 Å². The molecule has 0 aromatic carbocycles. The summed E-state index contributed by atoms with van der Waals surface area (Å²) >= 11 is 0. The molecule has 74 valence electrons. The van der Waals surface area contributed by atoms with Crippen molar-refractivity contribution in [2.45, 2.75) is 58.9 Å². The van der Waals surface area contributed by atoms with Gasteiger partial charge in [0.15, 0.2) is 0 Å². The van der Waals surface area contributed by atoms with Crippen molar-refractivity contribution in [3.05, 3.63) is 0 Å². The summed E-state index contributed by atoms with van der Waals surface area (Å²) in [5.41, 5.74) is 2.81. The van der Waals surface area contributed by atoms with E-state index in [2.05, 4.69) is 26.2 Å². The van der Waals surface area contributed by atoms with Gasteiger partial charge in [-0.3, -0.25) is 11.3 Å². The quantitative estimate of drug-likeness (QED) is 0.457. The first-order chi connectivity index (χ1) is 5.74. The van der Waals surface area contributed by atoms with E-state index >= 15 is 0 Å². The molecule has 0 amide bonds. The molecule has 0 aromatic heterocycles. The van der Waals surface area contributed by atoms with Gasteiger partial charge in [0.1, 0.15) is 0 Å². The van der Waals surface area contributed by atoms with Gasteiger partial charge >= 0.3 is 0 Å². The maximum atomic E-state index is 5.35. The average Bonchev–Trinajstić information content (AvgIpc) is 2.11. The van der Waals surface area contributed by atoms with Crippen molar-refractivity contribution in [2.75, 3.05) is 0 Å². The molecule has 0 heterocycles. The second-order valence-electron chi connectivity index (χ2n) is 3.72. The lowest BCUT2D eigenvalue weighted by molar-refractivity contribution is 0.364. The highest BCUT2D eigenvalue weighted by Gasteiger charge is 2.09. The molecule has 0 saturated heterocycles.